The summed E-state index contributed by atoms with van der Waals surface area (Å²) in [4.78, 5) is 13.2. The Kier molecular flexibility index (Phi) is 3.05. The Balaban J connectivity index is 2.25. The molecule has 1 atom stereocenters. The van der Waals surface area contributed by atoms with Crippen molar-refractivity contribution in [2.45, 2.75) is 12.3 Å². The highest BCUT2D eigenvalue weighted by Crippen LogP contribution is 2.39. The van der Waals surface area contributed by atoms with Crippen molar-refractivity contribution >= 4 is 17.8 Å². The topological polar surface area (TPSA) is 40.5 Å². The maximum absolute atomic E-state index is 11.5. The summed E-state index contributed by atoms with van der Waals surface area (Å²) in [7, 11) is 0. The third-order valence-electron chi connectivity index (χ3n) is 3.68. The van der Waals surface area contributed by atoms with Crippen LogP contribution < -0.4 is 4.90 Å². The molecule has 3 nitrogen and oxygen atoms in total. The van der Waals surface area contributed by atoms with Gasteiger partial charge in [0.25, 0.3) is 0 Å². The van der Waals surface area contributed by atoms with Crippen molar-refractivity contribution in [2.24, 2.45) is 0 Å². The van der Waals surface area contributed by atoms with Gasteiger partial charge in [0.15, 0.2) is 0 Å². The second-order valence-corrected chi connectivity index (χ2v) is 4.75. The molecule has 0 aromatic heterocycles. The van der Waals surface area contributed by atoms with Gasteiger partial charge < -0.3 is 5.11 Å². The fraction of sp³-hybridized carbons (Fsp3) is 0.188. The van der Waals surface area contributed by atoms with Gasteiger partial charge in [0, 0.05) is 5.92 Å². The summed E-state index contributed by atoms with van der Waals surface area (Å²) in [5, 5.41) is 9.64. The molecular formula is C16H15NO2. The predicted molar refractivity (Wildman–Crippen MR) is 74.6 cm³/mol. The van der Waals surface area contributed by atoms with Crippen LogP contribution in [-0.4, -0.2) is 18.1 Å². The van der Waals surface area contributed by atoms with Crippen molar-refractivity contribution in [1.29, 1.82) is 0 Å². The number of carbonyl (C=O) groups excluding carboxylic acids is 1. The molecule has 0 spiro atoms. The number of aliphatic hydroxyl groups is 1. The van der Waals surface area contributed by atoms with Crippen molar-refractivity contribution in [3.05, 3.63) is 59.7 Å². The third kappa shape index (κ3) is 1.92. The van der Waals surface area contributed by atoms with Crippen molar-refractivity contribution in [1.82, 2.24) is 0 Å². The first-order valence-electron chi connectivity index (χ1n) is 6.37. The second kappa shape index (κ2) is 4.86. The van der Waals surface area contributed by atoms with Crippen molar-refractivity contribution in [3.8, 4) is 0 Å². The molecule has 3 rings (SSSR count). The molecule has 1 unspecified atom stereocenters. The molecule has 2 aromatic rings. The molecule has 1 aliphatic heterocycles. The van der Waals surface area contributed by atoms with Gasteiger partial charge in [-0.25, -0.2) is 0 Å². The molecule has 3 heteroatoms. The number of carbonyl (C=O) groups is 1. The van der Waals surface area contributed by atoms with Gasteiger partial charge in [-0.3, -0.25) is 9.69 Å². The fourth-order valence-electron chi connectivity index (χ4n) is 2.75. The minimum absolute atomic E-state index is 0.0299. The zero-order chi connectivity index (χ0) is 13.2. The van der Waals surface area contributed by atoms with Crippen LogP contribution in [0.4, 0.5) is 11.4 Å². The monoisotopic (exact) mass is 253 g/mol. The van der Waals surface area contributed by atoms with Crippen LogP contribution in [0.25, 0.3) is 0 Å². The summed E-state index contributed by atoms with van der Waals surface area (Å²) in [6, 6.07) is 15.6. The molecule has 2 aromatic carbocycles. The van der Waals surface area contributed by atoms with E-state index in [1.807, 2.05) is 48.5 Å². The lowest BCUT2D eigenvalue weighted by Gasteiger charge is -2.20. The molecule has 0 aliphatic carbocycles. The van der Waals surface area contributed by atoms with Gasteiger partial charge in [0.1, 0.15) is 0 Å². The van der Waals surface area contributed by atoms with Crippen LogP contribution in [0.2, 0.25) is 0 Å². The maximum atomic E-state index is 11.5. The van der Waals surface area contributed by atoms with Crippen molar-refractivity contribution in [2.75, 3.05) is 11.5 Å². The lowest BCUT2D eigenvalue weighted by molar-refractivity contribution is -0.106. The van der Waals surface area contributed by atoms with E-state index in [2.05, 4.69) is 0 Å². The molecule has 1 aliphatic rings. The largest absolute Gasteiger partial charge is 0.396 e. The molecule has 1 N–H and O–H groups in total. The molecule has 19 heavy (non-hydrogen) atoms. The van der Waals surface area contributed by atoms with Crippen molar-refractivity contribution < 1.29 is 9.90 Å². The first kappa shape index (κ1) is 11.9. The van der Waals surface area contributed by atoms with E-state index in [0.717, 1.165) is 35.3 Å². The van der Waals surface area contributed by atoms with Crippen LogP contribution in [-0.2, 0) is 11.2 Å². The summed E-state index contributed by atoms with van der Waals surface area (Å²) in [5.41, 5.74) is 3.88. The van der Waals surface area contributed by atoms with E-state index in [9.17, 15) is 9.90 Å². The fourth-order valence-corrected chi connectivity index (χ4v) is 2.75. The van der Waals surface area contributed by atoms with Gasteiger partial charge in [-0.05, 0) is 29.7 Å². The van der Waals surface area contributed by atoms with E-state index in [1.54, 1.807) is 4.90 Å². The van der Waals surface area contributed by atoms with E-state index in [0.29, 0.717) is 0 Å². The Morgan fingerprint density at radius 1 is 1.11 bits per heavy atom. The molecule has 0 saturated carbocycles. The number of anilines is 2. The highest BCUT2D eigenvalue weighted by Gasteiger charge is 2.25. The standard InChI is InChI=1S/C16H15NO2/c18-10-13-9-12-5-1-3-7-15(12)17(11-19)16-8-4-2-6-14(13)16/h1-8,11,13,18H,9-10H2. The molecular weight excluding hydrogens is 238 g/mol. The zero-order valence-electron chi connectivity index (χ0n) is 10.5. The van der Waals surface area contributed by atoms with Gasteiger partial charge in [-0.15, -0.1) is 0 Å². The number of aliphatic hydroxyl groups excluding tert-OH is 1. The number of amides is 1. The van der Waals surface area contributed by atoms with Crippen LogP contribution in [0.15, 0.2) is 48.5 Å². The Labute approximate surface area is 112 Å². The third-order valence-corrected chi connectivity index (χ3v) is 3.68. The Hall–Kier alpha value is -2.13. The van der Waals surface area contributed by atoms with Gasteiger partial charge in [-0.1, -0.05) is 36.4 Å². The van der Waals surface area contributed by atoms with Crippen LogP contribution in [0.1, 0.15) is 17.0 Å². The number of hydrogen-bond acceptors (Lipinski definition) is 2. The van der Waals surface area contributed by atoms with E-state index in [1.165, 1.54) is 0 Å². The zero-order valence-corrected chi connectivity index (χ0v) is 10.5. The highest BCUT2D eigenvalue weighted by atomic mass is 16.3. The normalized spacial score (nSPS) is 17.3. The molecule has 1 amide bonds. The molecule has 1 heterocycles. The second-order valence-electron chi connectivity index (χ2n) is 4.75. The average Bonchev–Trinajstić information content (AvgIpc) is 2.61. The quantitative estimate of drug-likeness (QED) is 0.836. The van der Waals surface area contributed by atoms with E-state index >= 15 is 0 Å². The van der Waals surface area contributed by atoms with Gasteiger partial charge in [-0.2, -0.15) is 0 Å². The summed E-state index contributed by atoms with van der Waals surface area (Å²) in [5.74, 6) is 0.0299. The first-order chi connectivity index (χ1) is 9.35. The number of rotatable bonds is 2. The lowest BCUT2D eigenvalue weighted by Crippen LogP contribution is -2.15. The summed E-state index contributed by atoms with van der Waals surface area (Å²) in [6.07, 6.45) is 1.59. The highest BCUT2D eigenvalue weighted by molar-refractivity contribution is 5.90. The van der Waals surface area contributed by atoms with E-state index < -0.39 is 0 Å². The maximum Gasteiger partial charge on any atom is 0.218 e. The molecule has 0 saturated heterocycles. The number of nitrogens with zero attached hydrogens (tertiary/aromatic N) is 1. The molecule has 0 fully saturated rings. The molecule has 0 radical (unpaired) electrons. The Morgan fingerprint density at radius 3 is 2.53 bits per heavy atom. The summed E-state index contributed by atoms with van der Waals surface area (Å²) in [6.45, 7) is 0.0814. The van der Waals surface area contributed by atoms with Crippen LogP contribution in [0.3, 0.4) is 0 Å². The first-order valence-corrected chi connectivity index (χ1v) is 6.37. The van der Waals surface area contributed by atoms with Crippen molar-refractivity contribution in [3.63, 3.8) is 0 Å². The van der Waals surface area contributed by atoms with Gasteiger partial charge >= 0.3 is 0 Å². The minimum Gasteiger partial charge on any atom is -0.396 e. The Bertz CT molecular complexity index is 609. The minimum atomic E-state index is 0.0299. The number of para-hydroxylation sites is 2. The number of fused-ring (bicyclic) bond motifs is 2. The predicted octanol–water partition coefficient (Wildman–Crippen LogP) is 2.61. The van der Waals surface area contributed by atoms with E-state index in [4.69, 9.17) is 0 Å². The van der Waals surface area contributed by atoms with Crippen LogP contribution >= 0.6 is 0 Å². The molecule has 96 valence electrons. The number of benzene rings is 2. The van der Waals surface area contributed by atoms with Gasteiger partial charge in [0.2, 0.25) is 6.41 Å². The van der Waals surface area contributed by atoms with Crippen LogP contribution in [0.5, 0.6) is 0 Å². The summed E-state index contributed by atoms with van der Waals surface area (Å²) >= 11 is 0. The van der Waals surface area contributed by atoms with Crippen LogP contribution in [0, 0.1) is 0 Å². The van der Waals surface area contributed by atoms with E-state index in [-0.39, 0.29) is 12.5 Å². The Morgan fingerprint density at radius 2 is 1.79 bits per heavy atom. The number of hydrogen-bond donors (Lipinski definition) is 1. The smallest absolute Gasteiger partial charge is 0.218 e. The molecule has 0 bridgehead atoms. The average molecular weight is 253 g/mol. The van der Waals surface area contributed by atoms with Gasteiger partial charge in [0.05, 0.1) is 18.0 Å². The summed E-state index contributed by atoms with van der Waals surface area (Å²) < 4.78 is 0. The SMILES string of the molecule is O=CN1c2ccccc2CC(CO)c2ccccc21. The lowest BCUT2D eigenvalue weighted by atomic mass is 9.93.